The number of amides is 2. The zero-order chi connectivity index (χ0) is 14.5. The fourth-order valence-corrected chi connectivity index (χ4v) is 2.31. The van der Waals surface area contributed by atoms with Crippen LogP contribution < -0.4 is 10.6 Å². The molecule has 1 rings (SSSR count). The summed E-state index contributed by atoms with van der Waals surface area (Å²) in [6.45, 7) is 6.00. The molecular formula is C13H24N2O4. The van der Waals surface area contributed by atoms with Crippen molar-refractivity contribution in [2.24, 2.45) is 0 Å². The molecule has 0 radical (unpaired) electrons. The van der Waals surface area contributed by atoms with Crippen LogP contribution in [0.4, 0.5) is 4.79 Å². The van der Waals surface area contributed by atoms with Crippen LogP contribution in [0.5, 0.6) is 0 Å². The fourth-order valence-electron chi connectivity index (χ4n) is 2.31. The van der Waals surface area contributed by atoms with Crippen LogP contribution in [0.25, 0.3) is 0 Å². The van der Waals surface area contributed by atoms with E-state index in [-0.39, 0.29) is 12.1 Å². The SMILES string of the molecule is CCCC(C)(NC(=O)NC(C)C1CCCO1)C(=O)O. The molecule has 0 aromatic rings. The summed E-state index contributed by atoms with van der Waals surface area (Å²) >= 11 is 0. The van der Waals surface area contributed by atoms with Crippen molar-refractivity contribution in [2.45, 2.75) is 64.1 Å². The number of carbonyl (C=O) groups is 2. The standard InChI is InChI=1S/C13H24N2O4/c1-4-7-13(3,11(16)17)15-12(18)14-9(2)10-6-5-8-19-10/h9-10H,4-8H2,1-3H3,(H,16,17)(H2,14,15,18). The monoisotopic (exact) mass is 272 g/mol. The van der Waals surface area contributed by atoms with Gasteiger partial charge in [-0.1, -0.05) is 13.3 Å². The molecule has 6 nitrogen and oxygen atoms in total. The van der Waals surface area contributed by atoms with Gasteiger partial charge in [-0.25, -0.2) is 9.59 Å². The lowest BCUT2D eigenvalue weighted by Crippen LogP contribution is -2.57. The maximum Gasteiger partial charge on any atom is 0.329 e. The van der Waals surface area contributed by atoms with Crippen molar-refractivity contribution in [1.82, 2.24) is 10.6 Å². The van der Waals surface area contributed by atoms with Gasteiger partial charge in [0, 0.05) is 6.61 Å². The van der Waals surface area contributed by atoms with E-state index in [0.717, 1.165) is 19.4 Å². The van der Waals surface area contributed by atoms with Gasteiger partial charge in [0.05, 0.1) is 12.1 Å². The van der Waals surface area contributed by atoms with Crippen molar-refractivity contribution >= 4 is 12.0 Å². The Morgan fingerprint density at radius 3 is 2.68 bits per heavy atom. The van der Waals surface area contributed by atoms with E-state index < -0.39 is 17.5 Å². The number of rotatable bonds is 6. The molecule has 1 aliphatic rings. The van der Waals surface area contributed by atoms with Crippen LogP contribution in [0.15, 0.2) is 0 Å². The predicted molar refractivity (Wildman–Crippen MR) is 71.1 cm³/mol. The van der Waals surface area contributed by atoms with E-state index >= 15 is 0 Å². The van der Waals surface area contributed by atoms with E-state index in [0.29, 0.717) is 12.8 Å². The van der Waals surface area contributed by atoms with Crippen LogP contribution in [-0.2, 0) is 9.53 Å². The van der Waals surface area contributed by atoms with E-state index in [4.69, 9.17) is 4.74 Å². The number of nitrogens with one attached hydrogen (secondary N) is 2. The van der Waals surface area contributed by atoms with Crippen LogP contribution in [0, 0.1) is 0 Å². The first-order valence-electron chi connectivity index (χ1n) is 6.82. The van der Waals surface area contributed by atoms with Crippen molar-refractivity contribution in [3.63, 3.8) is 0 Å². The number of aliphatic carboxylic acids is 1. The molecule has 3 unspecified atom stereocenters. The van der Waals surface area contributed by atoms with Gasteiger partial charge in [0.1, 0.15) is 5.54 Å². The molecule has 6 heteroatoms. The van der Waals surface area contributed by atoms with Gasteiger partial charge < -0.3 is 20.5 Å². The van der Waals surface area contributed by atoms with Crippen molar-refractivity contribution < 1.29 is 19.4 Å². The van der Waals surface area contributed by atoms with Crippen molar-refractivity contribution in [1.29, 1.82) is 0 Å². The molecule has 110 valence electrons. The van der Waals surface area contributed by atoms with Crippen molar-refractivity contribution in [3.05, 3.63) is 0 Å². The Hall–Kier alpha value is -1.30. The summed E-state index contributed by atoms with van der Waals surface area (Å²) in [6.07, 6.45) is 3.02. The Bertz CT molecular complexity index is 329. The number of carbonyl (C=O) groups excluding carboxylic acids is 1. The molecule has 1 heterocycles. The first-order valence-corrected chi connectivity index (χ1v) is 6.82. The maximum absolute atomic E-state index is 11.9. The van der Waals surface area contributed by atoms with E-state index in [2.05, 4.69) is 10.6 Å². The Morgan fingerprint density at radius 1 is 1.53 bits per heavy atom. The average Bonchev–Trinajstić information content (AvgIpc) is 2.81. The number of carboxylic acid groups (broad SMARTS) is 1. The molecule has 1 fully saturated rings. The minimum absolute atomic E-state index is 0.0213. The maximum atomic E-state index is 11.9. The zero-order valence-corrected chi connectivity index (χ0v) is 11.9. The predicted octanol–water partition coefficient (Wildman–Crippen LogP) is 1.50. The second kappa shape index (κ2) is 6.75. The minimum atomic E-state index is -1.23. The lowest BCUT2D eigenvalue weighted by atomic mass is 9.96. The average molecular weight is 272 g/mol. The molecule has 1 aliphatic heterocycles. The van der Waals surface area contributed by atoms with Gasteiger partial charge in [0.2, 0.25) is 0 Å². The summed E-state index contributed by atoms with van der Waals surface area (Å²) in [5, 5.41) is 14.5. The van der Waals surface area contributed by atoms with Crippen LogP contribution >= 0.6 is 0 Å². The summed E-state index contributed by atoms with van der Waals surface area (Å²) in [5.74, 6) is -1.02. The summed E-state index contributed by atoms with van der Waals surface area (Å²) in [6, 6.07) is -0.580. The number of hydrogen-bond donors (Lipinski definition) is 3. The fraction of sp³-hybridized carbons (Fsp3) is 0.846. The number of ether oxygens (including phenoxy) is 1. The third-order valence-electron chi connectivity index (χ3n) is 3.49. The second-order valence-electron chi connectivity index (χ2n) is 5.33. The molecule has 0 aliphatic carbocycles. The molecule has 3 atom stereocenters. The van der Waals surface area contributed by atoms with Crippen LogP contribution in [0.1, 0.15) is 46.5 Å². The molecule has 0 bridgehead atoms. The number of carboxylic acids is 1. The van der Waals surface area contributed by atoms with Gasteiger partial charge in [-0.2, -0.15) is 0 Å². The largest absolute Gasteiger partial charge is 0.480 e. The highest BCUT2D eigenvalue weighted by Gasteiger charge is 2.34. The van der Waals surface area contributed by atoms with Gasteiger partial charge in [-0.15, -0.1) is 0 Å². The Kier molecular flexibility index (Phi) is 5.60. The van der Waals surface area contributed by atoms with Crippen molar-refractivity contribution in [2.75, 3.05) is 6.61 Å². The third kappa shape index (κ3) is 4.38. The molecular weight excluding hydrogens is 248 g/mol. The highest BCUT2D eigenvalue weighted by atomic mass is 16.5. The zero-order valence-electron chi connectivity index (χ0n) is 11.9. The summed E-state index contributed by atoms with van der Waals surface area (Å²) in [4.78, 5) is 23.1. The molecule has 1 saturated heterocycles. The molecule has 2 amide bonds. The lowest BCUT2D eigenvalue weighted by molar-refractivity contribution is -0.144. The number of hydrogen-bond acceptors (Lipinski definition) is 3. The number of urea groups is 1. The Balaban J connectivity index is 2.50. The Morgan fingerprint density at radius 2 is 2.21 bits per heavy atom. The van der Waals surface area contributed by atoms with Gasteiger partial charge in [-0.05, 0) is 33.1 Å². The molecule has 19 heavy (non-hydrogen) atoms. The van der Waals surface area contributed by atoms with E-state index in [1.54, 1.807) is 0 Å². The minimum Gasteiger partial charge on any atom is -0.480 e. The van der Waals surface area contributed by atoms with Crippen LogP contribution in [0.2, 0.25) is 0 Å². The normalized spacial score (nSPS) is 23.4. The van der Waals surface area contributed by atoms with Gasteiger partial charge in [-0.3, -0.25) is 0 Å². The van der Waals surface area contributed by atoms with Crippen LogP contribution in [0.3, 0.4) is 0 Å². The van der Waals surface area contributed by atoms with E-state index in [9.17, 15) is 14.7 Å². The third-order valence-corrected chi connectivity index (χ3v) is 3.49. The van der Waals surface area contributed by atoms with E-state index in [1.807, 2.05) is 13.8 Å². The summed E-state index contributed by atoms with van der Waals surface area (Å²) in [7, 11) is 0. The highest BCUT2D eigenvalue weighted by Crippen LogP contribution is 2.16. The molecule has 0 aromatic heterocycles. The van der Waals surface area contributed by atoms with Gasteiger partial charge in [0.15, 0.2) is 0 Å². The highest BCUT2D eigenvalue weighted by molar-refractivity contribution is 5.85. The summed E-state index contributed by atoms with van der Waals surface area (Å²) in [5.41, 5.74) is -1.23. The second-order valence-corrected chi connectivity index (χ2v) is 5.33. The van der Waals surface area contributed by atoms with Crippen LogP contribution in [-0.4, -0.2) is 41.4 Å². The van der Waals surface area contributed by atoms with E-state index in [1.165, 1.54) is 6.92 Å². The molecule has 0 saturated carbocycles. The quantitative estimate of drug-likeness (QED) is 0.683. The topological polar surface area (TPSA) is 87.7 Å². The molecule has 0 aromatic carbocycles. The van der Waals surface area contributed by atoms with Gasteiger partial charge >= 0.3 is 12.0 Å². The van der Waals surface area contributed by atoms with Crippen molar-refractivity contribution in [3.8, 4) is 0 Å². The Labute approximate surface area is 113 Å². The molecule has 0 spiro atoms. The lowest BCUT2D eigenvalue weighted by Gasteiger charge is -2.28. The molecule has 3 N–H and O–H groups in total. The summed E-state index contributed by atoms with van der Waals surface area (Å²) < 4.78 is 5.48. The van der Waals surface area contributed by atoms with Gasteiger partial charge in [0.25, 0.3) is 0 Å². The first-order chi connectivity index (χ1) is 8.89. The first kappa shape index (κ1) is 15.8. The smallest absolute Gasteiger partial charge is 0.329 e.